The Morgan fingerprint density at radius 3 is 2.75 bits per heavy atom. The Morgan fingerprint density at radius 1 is 1.56 bits per heavy atom. The zero-order valence-corrected chi connectivity index (χ0v) is 12.8. The predicted molar refractivity (Wildman–Crippen MR) is 75.2 cm³/mol. The first-order chi connectivity index (χ1) is 7.38. The second-order valence-electron chi connectivity index (χ2n) is 5.67. The lowest BCUT2D eigenvalue weighted by Gasteiger charge is -2.22. The molecule has 1 saturated heterocycles. The van der Waals surface area contributed by atoms with E-state index in [1.807, 2.05) is 11.8 Å². The van der Waals surface area contributed by atoms with Gasteiger partial charge in [-0.3, -0.25) is 4.79 Å². The zero-order valence-electron chi connectivity index (χ0n) is 10.4. The molecule has 0 spiro atoms. The Kier molecular flexibility index (Phi) is 5.65. The van der Waals surface area contributed by atoms with Gasteiger partial charge in [0, 0.05) is 23.0 Å². The van der Waals surface area contributed by atoms with Gasteiger partial charge in [0.15, 0.2) is 0 Å². The van der Waals surface area contributed by atoms with Gasteiger partial charge in [-0.2, -0.15) is 11.8 Å². The van der Waals surface area contributed by atoms with Gasteiger partial charge in [0.25, 0.3) is 0 Å². The molecule has 0 saturated carbocycles. The number of rotatable bonds is 4. The Labute approximate surface area is 111 Å². The summed E-state index contributed by atoms with van der Waals surface area (Å²) >= 11 is 5.51. The lowest BCUT2D eigenvalue weighted by Crippen LogP contribution is -2.35. The summed E-state index contributed by atoms with van der Waals surface area (Å²) in [6, 6.07) is 0. The van der Waals surface area contributed by atoms with Crippen LogP contribution in [0.4, 0.5) is 0 Å². The minimum absolute atomic E-state index is 0.239. The molecule has 0 aliphatic carbocycles. The van der Waals surface area contributed by atoms with E-state index >= 15 is 0 Å². The van der Waals surface area contributed by atoms with E-state index in [9.17, 15) is 4.79 Å². The number of hydrogen-bond donors (Lipinski definition) is 1. The van der Waals surface area contributed by atoms with Crippen LogP contribution in [0, 0.1) is 11.3 Å². The van der Waals surface area contributed by atoms with Crippen LogP contribution < -0.4 is 5.32 Å². The third-order valence-electron chi connectivity index (χ3n) is 2.63. The molecule has 0 aromatic heterocycles. The van der Waals surface area contributed by atoms with Gasteiger partial charge in [-0.15, -0.1) is 0 Å². The second-order valence-corrected chi connectivity index (χ2v) is 8.11. The van der Waals surface area contributed by atoms with Gasteiger partial charge in [-0.25, -0.2) is 0 Å². The number of halogens is 1. The number of amides is 1. The van der Waals surface area contributed by atoms with E-state index < -0.39 is 0 Å². The molecule has 0 radical (unpaired) electrons. The normalized spacial score (nSPS) is 23.1. The molecule has 0 aromatic carbocycles. The van der Waals surface area contributed by atoms with Crippen molar-refractivity contribution in [2.24, 2.45) is 11.3 Å². The van der Waals surface area contributed by atoms with Crippen molar-refractivity contribution < 1.29 is 4.79 Å². The smallest absolute Gasteiger partial charge is 0.224 e. The van der Waals surface area contributed by atoms with Crippen LogP contribution in [-0.4, -0.2) is 28.8 Å². The summed E-state index contributed by atoms with van der Waals surface area (Å²) in [6.45, 7) is 7.40. The van der Waals surface area contributed by atoms with Crippen LogP contribution in [0.3, 0.4) is 0 Å². The van der Waals surface area contributed by atoms with Crippen LogP contribution in [0.5, 0.6) is 0 Å². The van der Waals surface area contributed by atoms with Gasteiger partial charge in [-0.05, 0) is 24.0 Å². The highest BCUT2D eigenvalue weighted by atomic mass is 79.9. The molecule has 94 valence electrons. The fraction of sp³-hybridized carbons (Fsp3) is 0.917. The van der Waals surface area contributed by atoms with Gasteiger partial charge in [0.05, 0.1) is 0 Å². The van der Waals surface area contributed by atoms with Crippen molar-refractivity contribution in [2.45, 2.75) is 38.4 Å². The van der Waals surface area contributed by atoms with Gasteiger partial charge in [0.1, 0.15) is 0 Å². The van der Waals surface area contributed by atoms with Crippen molar-refractivity contribution in [1.82, 2.24) is 5.32 Å². The molecule has 1 rings (SSSR count). The van der Waals surface area contributed by atoms with Gasteiger partial charge >= 0.3 is 0 Å². The molecule has 2 nitrogen and oxygen atoms in total. The minimum Gasteiger partial charge on any atom is -0.355 e. The van der Waals surface area contributed by atoms with E-state index in [1.165, 1.54) is 0 Å². The number of hydrogen-bond acceptors (Lipinski definition) is 2. The Balaban J connectivity index is 2.20. The monoisotopic (exact) mass is 307 g/mol. The van der Waals surface area contributed by atoms with Crippen molar-refractivity contribution in [3.63, 3.8) is 0 Å². The average Bonchev–Trinajstić information content (AvgIpc) is 2.64. The molecule has 1 aliphatic rings. The molecular weight excluding hydrogens is 286 g/mol. The van der Waals surface area contributed by atoms with E-state index in [2.05, 4.69) is 42.0 Å². The topological polar surface area (TPSA) is 29.1 Å². The molecule has 0 aromatic rings. The summed E-state index contributed by atoms with van der Waals surface area (Å²) in [5.41, 5.74) is 0.308. The summed E-state index contributed by atoms with van der Waals surface area (Å²) < 4.78 is 0. The number of nitrogens with one attached hydrogen (secondary N) is 1. The molecular formula is C12H22BrNOS. The maximum absolute atomic E-state index is 11.8. The SMILES string of the molecule is CC(C)(C)CC(Br)CNC(=O)C1CCSC1. The van der Waals surface area contributed by atoms with E-state index in [4.69, 9.17) is 0 Å². The van der Waals surface area contributed by atoms with E-state index in [-0.39, 0.29) is 11.8 Å². The summed E-state index contributed by atoms with van der Waals surface area (Å²) in [5.74, 6) is 2.62. The largest absolute Gasteiger partial charge is 0.355 e. The van der Waals surface area contributed by atoms with E-state index in [0.717, 1.165) is 30.9 Å². The average molecular weight is 308 g/mol. The minimum atomic E-state index is 0.239. The zero-order chi connectivity index (χ0) is 12.2. The molecule has 16 heavy (non-hydrogen) atoms. The number of carbonyl (C=O) groups excluding carboxylic acids is 1. The van der Waals surface area contributed by atoms with Crippen LogP contribution in [0.25, 0.3) is 0 Å². The Bertz CT molecular complexity index is 234. The predicted octanol–water partition coefficient (Wildman–Crippen LogP) is 3.06. The molecule has 1 N–H and O–H groups in total. The standard InChI is InChI=1S/C12H22BrNOS/c1-12(2,3)6-10(13)7-14-11(15)9-4-5-16-8-9/h9-10H,4-8H2,1-3H3,(H,14,15). The molecule has 1 aliphatic heterocycles. The fourth-order valence-corrected chi connectivity index (χ4v) is 4.19. The van der Waals surface area contributed by atoms with Gasteiger partial charge < -0.3 is 5.32 Å². The highest BCUT2D eigenvalue weighted by Gasteiger charge is 2.24. The maximum Gasteiger partial charge on any atom is 0.224 e. The van der Waals surface area contributed by atoms with Crippen LogP contribution in [0.15, 0.2) is 0 Å². The van der Waals surface area contributed by atoms with Crippen LogP contribution >= 0.6 is 27.7 Å². The highest BCUT2D eigenvalue weighted by molar-refractivity contribution is 9.09. The van der Waals surface area contributed by atoms with Crippen molar-refractivity contribution in [1.29, 1.82) is 0 Å². The summed E-state index contributed by atoms with van der Waals surface area (Å²) in [4.78, 5) is 12.2. The first-order valence-corrected chi connectivity index (χ1v) is 7.95. The fourth-order valence-electron chi connectivity index (χ4n) is 1.83. The second kappa shape index (κ2) is 6.29. The molecule has 1 heterocycles. The van der Waals surface area contributed by atoms with Crippen molar-refractivity contribution in [3.8, 4) is 0 Å². The first kappa shape index (κ1) is 14.4. The van der Waals surface area contributed by atoms with Crippen LogP contribution in [0.1, 0.15) is 33.6 Å². The summed E-state index contributed by atoms with van der Waals surface area (Å²) in [5, 5.41) is 3.05. The highest BCUT2D eigenvalue weighted by Crippen LogP contribution is 2.25. The third kappa shape index (κ3) is 5.58. The number of alkyl halides is 1. The molecule has 0 bridgehead atoms. The maximum atomic E-state index is 11.8. The molecule has 2 atom stereocenters. The van der Waals surface area contributed by atoms with Gasteiger partial charge in [-0.1, -0.05) is 36.7 Å². The molecule has 4 heteroatoms. The Morgan fingerprint density at radius 2 is 2.25 bits per heavy atom. The van der Waals surface area contributed by atoms with E-state index in [1.54, 1.807) is 0 Å². The van der Waals surface area contributed by atoms with Crippen LogP contribution in [-0.2, 0) is 4.79 Å². The third-order valence-corrected chi connectivity index (χ3v) is 4.44. The van der Waals surface area contributed by atoms with Gasteiger partial charge in [0.2, 0.25) is 5.91 Å². The number of thioether (sulfide) groups is 1. The quantitative estimate of drug-likeness (QED) is 0.809. The molecule has 1 fully saturated rings. The van der Waals surface area contributed by atoms with Crippen molar-refractivity contribution >= 4 is 33.6 Å². The lowest BCUT2D eigenvalue weighted by atomic mass is 9.90. The summed E-state index contributed by atoms with van der Waals surface area (Å²) in [7, 11) is 0. The van der Waals surface area contributed by atoms with Crippen molar-refractivity contribution in [2.75, 3.05) is 18.1 Å². The molecule has 2 unspecified atom stereocenters. The lowest BCUT2D eigenvalue weighted by molar-refractivity contribution is -0.124. The Hall–Kier alpha value is 0.300. The van der Waals surface area contributed by atoms with Crippen molar-refractivity contribution in [3.05, 3.63) is 0 Å². The molecule has 1 amide bonds. The van der Waals surface area contributed by atoms with E-state index in [0.29, 0.717) is 10.2 Å². The first-order valence-electron chi connectivity index (χ1n) is 5.88. The van der Waals surface area contributed by atoms with Crippen LogP contribution in [0.2, 0.25) is 0 Å². The summed E-state index contributed by atoms with van der Waals surface area (Å²) in [6.07, 6.45) is 2.12. The number of carbonyl (C=O) groups is 1.